The van der Waals surface area contributed by atoms with E-state index in [1.807, 2.05) is 94.4 Å². The molecule has 10 aromatic rings. The Labute approximate surface area is 566 Å². The standard InChI is InChI=1S/3C15H13NO3.C13H10N2O3.C11H6N2O3.C2H3N.CH3Cl.CH5N/c3*1-15(2,3)14-16-10-8-6-4-5-7-9(8)11(17)12(18)13(10)19-14;1-6(2)13-15-9-7-4-3-5-14-8(7)10(16)11(17)12(9)18-13;1-5-13-8-6-3-2-4-12-7(6)9(14)10(15)11(8)16-5;1-3-2;2*1-2/h3*4-7H,1-3H3;3-6H,1-2H3;2-4H,1H3;1H3;1H3;2H2,1H3. The molecule has 0 bridgehead atoms. The number of benzene rings is 3. The number of rotatable bonds is 1. The fourth-order valence-corrected chi connectivity index (χ4v) is 9.93. The summed E-state index contributed by atoms with van der Waals surface area (Å²) < 4.78 is 27.1. The van der Waals surface area contributed by atoms with Crippen LogP contribution >= 0.6 is 11.6 Å². The number of ketones is 10. The smallest absolute Gasteiger partial charge is 0.272 e. The molecular weight excluding hydrogens is 1280 g/mol. The number of hydrogen-bond donors (Lipinski definition) is 1. The van der Waals surface area contributed by atoms with Crippen LogP contribution in [0.15, 0.2) is 132 Å². The van der Waals surface area contributed by atoms with Crippen LogP contribution in [-0.4, -0.2) is 113 Å². The van der Waals surface area contributed by atoms with Crippen molar-refractivity contribution >= 4 is 69.4 Å². The summed E-state index contributed by atoms with van der Waals surface area (Å²) in [5.41, 5.74) is 10.4. The predicted octanol–water partition coefficient (Wildman–Crippen LogP) is 13.7. The first kappa shape index (κ1) is 72.3. The molecule has 0 fully saturated rings. The first-order valence-corrected chi connectivity index (χ1v) is 31.0. The second-order valence-corrected chi connectivity index (χ2v) is 25.1. The molecule has 0 spiro atoms. The summed E-state index contributed by atoms with van der Waals surface area (Å²) in [7, 11) is 2.92. The Morgan fingerprint density at radius 2 is 0.622 bits per heavy atom. The Kier molecular flexibility index (Phi) is 21.2. The van der Waals surface area contributed by atoms with Crippen LogP contribution in [0, 0.1) is 13.5 Å². The van der Waals surface area contributed by atoms with Crippen molar-refractivity contribution in [2.24, 2.45) is 5.73 Å². The van der Waals surface area contributed by atoms with Crippen molar-refractivity contribution < 1.29 is 70.0 Å². The monoisotopic (exact) mass is 1340 g/mol. The van der Waals surface area contributed by atoms with Crippen LogP contribution in [0.5, 0.6) is 0 Å². The van der Waals surface area contributed by atoms with Gasteiger partial charge in [-0.1, -0.05) is 149 Å². The first-order valence-electron chi connectivity index (χ1n) is 30.2. The number of aromatic nitrogens is 7. The van der Waals surface area contributed by atoms with Crippen LogP contribution in [0.1, 0.15) is 216 Å². The third kappa shape index (κ3) is 13.9. The lowest BCUT2D eigenvalue weighted by Gasteiger charge is -2.11. The van der Waals surface area contributed by atoms with E-state index in [9.17, 15) is 47.9 Å². The van der Waals surface area contributed by atoms with Crippen LogP contribution in [0.4, 0.5) is 0 Å². The van der Waals surface area contributed by atoms with Gasteiger partial charge in [-0.25, -0.2) is 31.5 Å². The zero-order valence-corrected chi connectivity index (χ0v) is 56.9. The molecule has 7 aromatic heterocycles. The zero-order valence-electron chi connectivity index (χ0n) is 56.1. The van der Waals surface area contributed by atoms with Crippen molar-refractivity contribution in [1.82, 2.24) is 34.9 Å². The fourth-order valence-electron chi connectivity index (χ4n) is 9.93. The molecule has 0 saturated carbocycles. The summed E-state index contributed by atoms with van der Waals surface area (Å²) >= 11 is 4.64. The van der Waals surface area contributed by atoms with Gasteiger partial charge >= 0.3 is 0 Å². The summed E-state index contributed by atoms with van der Waals surface area (Å²) in [5.74, 6) is -3.53. The topological polar surface area (TPSA) is 357 Å². The molecule has 2 N–H and O–H groups in total. The van der Waals surface area contributed by atoms with Gasteiger partial charge in [-0.3, -0.25) is 57.9 Å². The van der Waals surface area contributed by atoms with Gasteiger partial charge in [0.05, 0.1) is 0 Å². The molecule has 3 aromatic carbocycles. The first-order chi connectivity index (χ1) is 46.4. The molecule has 25 heteroatoms. The Hall–Kier alpha value is -11.6. The average Bonchev–Trinajstić information content (AvgIpc) is 1.58. The zero-order chi connectivity index (χ0) is 72.2. The van der Waals surface area contributed by atoms with E-state index < -0.39 is 57.8 Å². The number of carbonyl (C=O) groups is 10. The number of fused-ring (bicyclic) bond motifs is 15. The molecule has 0 aliphatic heterocycles. The predicted molar refractivity (Wildman–Crippen MR) is 358 cm³/mol. The molecule has 0 radical (unpaired) electrons. The third-order valence-electron chi connectivity index (χ3n) is 14.6. The Morgan fingerprint density at radius 3 is 0.929 bits per heavy atom. The van der Waals surface area contributed by atoms with Gasteiger partial charge in [0.2, 0.25) is 70.9 Å². The molecule has 7 heterocycles. The molecule has 0 atom stereocenters. The summed E-state index contributed by atoms with van der Waals surface area (Å²) in [6.07, 6.45) is 4.43. The van der Waals surface area contributed by atoms with Crippen molar-refractivity contribution in [3.05, 3.63) is 207 Å². The molecule has 0 amide bonds. The van der Waals surface area contributed by atoms with Crippen LogP contribution in [0.2, 0.25) is 0 Å². The van der Waals surface area contributed by atoms with Crippen molar-refractivity contribution in [2.45, 2.75) is 105 Å². The lowest BCUT2D eigenvalue weighted by atomic mass is 9.91. The largest absolute Gasteiger partial charge is 0.437 e. The minimum absolute atomic E-state index is 0.0167. The molecular formula is C73H66ClN9O15. The lowest BCUT2D eigenvalue weighted by Crippen LogP contribution is -2.21. The second-order valence-electron chi connectivity index (χ2n) is 25.1. The van der Waals surface area contributed by atoms with E-state index in [0.717, 1.165) is 0 Å². The Balaban J connectivity index is 0.000000153. The van der Waals surface area contributed by atoms with Crippen LogP contribution in [0.25, 0.3) is 61.1 Å². The highest BCUT2D eigenvalue weighted by atomic mass is 35.5. The summed E-state index contributed by atoms with van der Waals surface area (Å²) in [5, 5.41) is 0. The Morgan fingerprint density at radius 1 is 0.367 bits per heavy atom. The maximum absolute atomic E-state index is 12.0. The molecule has 0 saturated heterocycles. The number of carbonyl (C=O) groups excluding carboxylic acids is 10. The SMILES string of the molecule is CC(C)(C)c1nc2c(o1)C(=O)C(=O)c1ccccc1-2.CC(C)(C)c1nc2c(o1)C(=O)C(=O)c1ccccc1-2.CC(C)(C)c1nc2c(o1)C(=O)C(=O)c1ccccc1-2.CC(C)c1nc2c(o1)C(=O)C(=O)c1ncccc1-2.CCl.CN.Cc1nc2c(o1)C(=O)C(=O)c1ncccc1-2.[C-]#[N+]C. The molecule has 15 rings (SSSR count). The summed E-state index contributed by atoms with van der Waals surface area (Å²) in [6, 6.07) is 27.8. The highest BCUT2D eigenvalue weighted by Crippen LogP contribution is 2.40. The molecule has 5 aliphatic carbocycles. The highest BCUT2D eigenvalue weighted by molar-refractivity contribution is 6.54. The van der Waals surface area contributed by atoms with Gasteiger partial charge in [0.25, 0.3) is 40.5 Å². The second kappa shape index (κ2) is 28.8. The fraction of sp³-hybridized carbons (Fsp3) is 0.260. The number of nitrogens with two attached hydrogens (primary N) is 1. The minimum Gasteiger partial charge on any atom is -0.437 e. The van der Waals surface area contributed by atoms with E-state index in [2.05, 4.69) is 57.1 Å². The Bertz CT molecular complexity index is 4640. The van der Waals surface area contributed by atoms with Gasteiger partial charge in [-0.2, -0.15) is 0 Å². The molecule has 24 nitrogen and oxygen atoms in total. The van der Waals surface area contributed by atoms with Gasteiger partial charge in [-0.05, 0) is 31.3 Å². The number of hydrogen-bond acceptors (Lipinski definition) is 23. The van der Waals surface area contributed by atoms with Crippen LogP contribution in [-0.2, 0) is 16.2 Å². The quantitative estimate of drug-likeness (QED) is 0.0906. The van der Waals surface area contributed by atoms with Gasteiger partial charge in [0.1, 0.15) is 39.9 Å². The van der Waals surface area contributed by atoms with E-state index in [-0.39, 0.29) is 62.4 Å². The summed E-state index contributed by atoms with van der Waals surface area (Å²) in [4.78, 5) is 151. The average molecular weight is 1340 g/mol. The number of aryl methyl sites for hydroxylation is 1. The molecule has 98 heavy (non-hydrogen) atoms. The number of pyridine rings is 2. The van der Waals surface area contributed by atoms with Gasteiger partial charge in [0.15, 0.2) is 11.8 Å². The van der Waals surface area contributed by atoms with Gasteiger partial charge in [-0.15, -0.1) is 11.6 Å². The third-order valence-corrected chi connectivity index (χ3v) is 14.6. The van der Waals surface area contributed by atoms with Crippen LogP contribution < -0.4 is 5.73 Å². The van der Waals surface area contributed by atoms with Crippen molar-refractivity contribution in [1.29, 1.82) is 0 Å². The van der Waals surface area contributed by atoms with Crippen molar-refractivity contribution in [3.8, 4) is 56.3 Å². The van der Waals surface area contributed by atoms with E-state index in [0.29, 0.717) is 102 Å². The van der Waals surface area contributed by atoms with E-state index in [4.69, 9.17) is 28.7 Å². The number of nitrogens with zero attached hydrogens (tertiary/aromatic N) is 8. The maximum Gasteiger partial charge on any atom is 0.272 e. The van der Waals surface area contributed by atoms with Gasteiger partial charge in [0, 0.05) is 92.4 Å². The maximum atomic E-state index is 12.0. The number of oxazole rings is 5. The number of halogens is 1. The van der Waals surface area contributed by atoms with Crippen LogP contribution in [0.3, 0.4) is 0 Å². The minimum atomic E-state index is -0.679. The summed E-state index contributed by atoms with van der Waals surface area (Å²) in [6.45, 7) is 28.8. The van der Waals surface area contributed by atoms with Crippen molar-refractivity contribution in [2.75, 3.05) is 20.5 Å². The van der Waals surface area contributed by atoms with E-state index in [1.165, 1.54) is 32.9 Å². The lowest BCUT2D eigenvalue weighted by molar-refractivity contribution is 0.0795. The number of alkyl halides is 1. The highest BCUT2D eigenvalue weighted by Gasteiger charge is 2.42. The van der Waals surface area contributed by atoms with E-state index in [1.54, 1.807) is 85.8 Å². The number of Topliss-reactive ketones (excluding diaryl/α,β-unsaturated/α-hetero) is 10. The van der Waals surface area contributed by atoms with Crippen molar-refractivity contribution in [3.63, 3.8) is 0 Å². The normalized spacial score (nSPS) is 13.2. The van der Waals surface area contributed by atoms with E-state index >= 15 is 0 Å². The molecule has 5 aliphatic rings. The molecule has 500 valence electrons. The van der Waals surface area contributed by atoms with Gasteiger partial charge < -0.3 is 32.7 Å². The molecule has 0 unspecified atom stereocenters.